The average Bonchev–Trinajstić information content (AvgIpc) is 2.60. The highest BCUT2D eigenvalue weighted by molar-refractivity contribution is 5.80. The lowest BCUT2D eigenvalue weighted by Crippen LogP contribution is -2.38. The molecular weight excluding hydrogens is 314 g/mol. The third-order valence-corrected chi connectivity index (χ3v) is 3.80. The van der Waals surface area contributed by atoms with Crippen molar-refractivity contribution in [2.24, 2.45) is 0 Å². The zero-order valence-corrected chi connectivity index (χ0v) is 15.2. The second-order valence-corrected chi connectivity index (χ2v) is 6.11. The molecule has 0 aliphatic carbocycles. The van der Waals surface area contributed by atoms with Crippen LogP contribution in [0.25, 0.3) is 0 Å². The van der Waals surface area contributed by atoms with Crippen molar-refractivity contribution in [1.82, 2.24) is 5.32 Å². The minimum Gasteiger partial charge on any atom is -0.492 e. The molecule has 0 radical (unpaired) electrons. The molecule has 1 atom stereocenters. The van der Waals surface area contributed by atoms with E-state index < -0.39 is 6.10 Å². The van der Waals surface area contributed by atoms with Gasteiger partial charge in [0.1, 0.15) is 18.1 Å². The molecule has 2 rings (SSSR count). The van der Waals surface area contributed by atoms with E-state index in [-0.39, 0.29) is 5.91 Å². The molecule has 134 valence electrons. The first-order chi connectivity index (χ1) is 12.1. The molecule has 1 unspecified atom stereocenters. The number of ether oxygens (including phenoxy) is 2. The Morgan fingerprint density at radius 1 is 1.12 bits per heavy atom. The van der Waals surface area contributed by atoms with Crippen molar-refractivity contribution in [2.45, 2.75) is 39.7 Å². The van der Waals surface area contributed by atoms with Gasteiger partial charge in [0.05, 0.1) is 6.54 Å². The van der Waals surface area contributed by atoms with E-state index in [1.165, 1.54) is 5.56 Å². The van der Waals surface area contributed by atoms with Crippen molar-refractivity contribution >= 4 is 5.91 Å². The van der Waals surface area contributed by atoms with Gasteiger partial charge in [0.25, 0.3) is 5.91 Å². The number of nitrogens with one attached hydrogen (secondary N) is 1. The first-order valence-electron chi connectivity index (χ1n) is 8.81. The molecule has 0 saturated heterocycles. The lowest BCUT2D eigenvalue weighted by atomic mass is 10.1. The first-order valence-corrected chi connectivity index (χ1v) is 8.81. The Kier molecular flexibility index (Phi) is 7.33. The summed E-state index contributed by atoms with van der Waals surface area (Å²) in [7, 11) is 0. The SMILES string of the molecule is CCCc1ccc(OCCNC(=O)C(C)Oc2cccc(C)c2)cc1. The standard InChI is InChI=1S/C21H27NO3/c1-4-6-18-9-11-19(12-10-18)24-14-13-22-21(23)17(3)25-20-8-5-7-16(2)15-20/h5,7-12,15,17H,4,6,13-14H2,1-3H3,(H,22,23). The number of hydrogen-bond acceptors (Lipinski definition) is 3. The molecule has 0 saturated carbocycles. The molecule has 1 N–H and O–H groups in total. The molecule has 4 nitrogen and oxygen atoms in total. The summed E-state index contributed by atoms with van der Waals surface area (Å²) in [5.74, 6) is 1.37. The van der Waals surface area contributed by atoms with Gasteiger partial charge in [-0.05, 0) is 55.7 Å². The van der Waals surface area contributed by atoms with Gasteiger partial charge in [0.2, 0.25) is 0 Å². The van der Waals surface area contributed by atoms with E-state index in [9.17, 15) is 4.79 Å². The summed E-state index contributed by atoms with van der Waals surface area (Å²) >= 11 is 0. The van der Waals surface area contributed by atoms with Gasteiger partial charge in [-0.15, -0.1) is 0 Å². The Morgan fingerprint density at radius 2 is 1.88 bits per heavy atom. The summed E-state index contributed by atoms with van der Waals surface area (Å²) < 4.78 is 11.3. The fraction of sp³-hybridized carbons (Fsp3) is 0.381. The van der Waals surface area contributed by atoms with Crippen LogP contribution in [-0.2, 0) is 11.2 Å². The van der Waals surface area contributed by atoms with E-state index in [0.29, 0.717) is 18.9 Å². The van der Waals surface area contributed by atoms with Crippen LogP contribution in [0.5, 0.6) is 11.5 Å². The molecule has 0 aliphatic heterocycles. The number of rotatable bonds is 9. The van der Waals surface area contributed by atoms with Gasteiger partial charge in [-0.1, -0.05) is 37.6 Å². The topological polar surface area (TPSA) is 47.6 Å². The predicted molar refractivity (Wildman–Crippen MR) is 100 cm³/mol. The van der Waals surface area contributed by atoms with Gasteiger partial charge in [-0.2, -0.15) is 0 Å². The summed E-state index contributed by atoms with van der Waals surface area (Å²) in [6.45, 7) is 6.76. The Labute approximate surface area is 150 Å². The highest BCUT2D eigenvalue weighted by atomic mass is 16.5. The molecule has 0 aliphatic rings. The molecule has 0 aromatic heterocycles. The monoisotopic (exact) mass is 341 g/mol. The van der Waals surface area contributed by atoms with Gasteiger partial charge < -0.3 is 14.8 Å². The minimum atomic E-state index is -0.546. The molecule has 4 heteroatoms. The summed E-state index contributed by atoms with van der Waals surface area (Å²) in [6, 6.07) is 15.8. The quantitative estimate of drug-likeness (QED) is 0.704. The molecule has 0 bridgehead atoms. The average molecular weight is 341 g/mol. The molecule has 25 heavy (non-hydrogen) atoms. The highest BCUT2D eigenvalue weighted by Gasteiger charge is 2.14. The summed E-state index contributed by atoms with van der Waals surface area (Å²) in [4.78, 5) is 12.1. The van der Waals surface area contributed by atoms with Crippen molar-refractivity contribution in [1.29, 1.82) is 0 Å². The number of carbonyl (C=O) groups excluding carboxylic acids is 1. The van der Waals surface area contributed by atoms with E-state index in [1.807, 2.05) is 43.3 Å². The number of amides is 1. The summed E-state index contributed by atoms with van der Waals surface area (Å²) in [5.41, 5.74) is 2.41. The fourth-order valence-electron chi connectivity index (χ4n) is 2.47. The number of hydrogen-bond donors (Lipinski definition) is 1. The number of carbonyl (C=O) groups is 1. The minimum absolute atomic E-state index is 0.150. The van der Waals surface area contributed by atoms with Crippen molar-refractivity contribution < 1.29 is 14.3 Å². The van der Waals surface area contributed by atoms with Crippen LogP contribution in [0.3, 0.4) is 0 Å². The van der Waals surface area contributed by atoms with Crippen LogP contribution in [0, 0.1) is 6.92 Å². The Hall–Kier alpha value is -2.49. The van der Waals surface area contributed by atoms with Gasteiger partial charge in [-0.3, -0.25) is 4.79 Å². The first kappa shape index (κ1) is 18.8. The van der Waals surface area contributed by atoms with Gasteiger partial charge in [0.15, 0.2) is 6.10 Å². The third-order valence-electron chi connectivity index (χ3n) is 3.80. The van der Waals surface area contributed by atoms with Crippen molar-refractivity contribution in [3.8, 4) is 11.5 Å². The number of aryl methyl sites for hydroxylation is 2. The maximum atomic E-state index is 12.1. The molecule has 1 amide bonds. The van der Waals surface area contributed by atoms with E-state index in [4.69, 9.17) is 9.47 Å². The van der Waals surface area contributed by atoms with Crippen LogP contribution in [0.1, 0.15) is 31.4 Å². The summed E-state index contributed by atoms with van der Waals surface area (Å²) in [6.07, 6.45) is 1.67. The molecule has 0 spiro atoms. The predicted octanol–water partition coefficient (Wildman–Crippen LogP) is 3.91. The Balaban J connectivity index is 1.69. The van der Waals surface area contributed by atoms with Crippen molar-refractivity contribution in [2.75, 3.05) is 13.2 Å². The van der Waals surface area contributed by atoms with Gasteiger partial charge in [0, 0.05) is 0 Å². The van der Waals surface area contributed by atoms with Crippen LogP contribution in [0.2, 0.25) is 0 Å². The molecular formula is C21H27NO3. The largest absolute Gasteiger partial charge is 0.492 e. The Bertz CT molecular complexity index is 667. The summed E-state index contributed by atoms with van der Waals surface area (Å²) in [5, 5.41) is 2.83. The normalized spacial score (nSPS) is 11.6. The number of benzene rings is 2. The zero-order valence-electron chi connectivity index (χ0n) is 15.2. The van der Waals surface area contributed by atoms with E-state index >= 15 is 0 Å². The van der Waals surface area contributed by atoms with E-state index in [2.05, 4.69) is 24.4 Å². The van der Waals surface area contributed by atoms with Gasteiger partial charge >= 0.3 is 0 Å². The van der Waals surface area contributed by atoms with Crippen molar-refractivity contribution in [3.63, 3.8) is 0 Å². The van der Waals surface area contributed by atoms with E-state index in [0.717, 1.165) is 24.2 Å². The second kappa shape index (κ2) is 9.72. The smallest absolute Gasteiger partial charge is 0.260 e. The molecule has 2 aromatic rings. The van der Waals surface area contributed by atoms with Crippen LogP contribution < -0.4 is 14.8 Å². The van der Waals surface area contributed by atoms with E-state index in [1.54, 1.807) is 6.92 Å². The maximum absolute atomic E-state index is 12.1. The molecule has 0 heterocycles. The molecule has 2 aromatic carbocycles. The lowest BCUT2D eigenvalue weighted by molar-refractivity contribution is -0.127. The molecule has 0 fully saturated rings. The van der Waals surface area contributed by atoms with Crippen LogP contribution in [0.15, 0.2) is 48.5 Å². The van der Waals surface area contributed by atoms with Crippen LogP contribution in [0.4, 0.5) is 0 Å². The van der Waals surface area contributed by atoms with Crippen LogP contribution >= 0.6 is 0 Å². The van der Waals surface area contributed by atoms with Crippen LogP contribution in [-0.4, -0.2) is 25.2 Å². The zero-order chi connectivity index (χ0) is 18.1. The lowest BCUT2D eigenvalue weighted by Gasteiger charge is -2.15. The second-order valence-electron chi connectivity index (χ2n) is 6.11. The Morgan fingerprint density at radius 3 is 2.56 bits per heavy atom. The third kappa shape index (κ3) is 6.49. The fourth-order valence-corrected chi connectivity index (χ4v) is 2.47. The van der Waals surface area contributed by atoms with Gasteiger partial charge in [-0.25, -0.2) is 0 Å². The highest BCUT2D eigenvalue weighted by Crippen LogP contribution is 2.14. The van der Waals surface area contributed by atoms with Crippen molar-refractivity contribution in [3.05, 3.63) is 59.7 Å². The maximum Gasteiger partial charge on any atom is 0.260 e.